The minimum absolute atomic E-state index is 0.0742. The zero-order valence-electron chi connectivity index (χ0n) is 7.64. The lowest BCUT2D eigenvalue weighted by Crippen LogP contribution is -2.35. The van der Waals surface area contributed by atoms with Gasteiger partial charge in [-0.2, -0.15) is 0 Å². The Morgan fingerprint density at radius 3 is 2.77 bits per heavy atom. The quantitative estimate of drug-likeness (QED) is 0.600. The molecule has 3 nitrogen and oxygen atoms in total. The first-order valence-corrected chi connectivity index (χ1v) is 4.42. The van der Waals surface area contributed by atoms with E-state index in [1.165, 1.54) is 11.1 Å². The van der Waals surface area contributed by atoms with Crippen LogP contribution in [0.2, 0.25) is 0 Å². The summed E-state index contributed by atoms with van der Waals surface area (Å²) >= 11 is 0. The SMILES string of the molecule is CN1Cc2ccccc2CC1N=[N-]. The minimum atomic E-state index is -0.0742. The number of nitrogens with zero attached hydrogens (tertiary/aromatic N) is 3. The highest BCUT2D eigenvalue weighted by Crippen LogP contribution is 2.22. The van der Waals surface area contributed by atoms with Crippen molar-refractivity contribution >= 4 is 0 Å². The Hall–Kier alpha value is -1.22. The van der Waals surface area contributed by atoms with Crippen molar-refractivity contribution in [3.63, 3.8) is 0 Å². The summed E-state index contributed by atoms with van der Waals surface area (Å²) in [7, 11) is 1.97. The summed E-state index contributed by atoms with van der Waals surface area (Å²) in [5.41, 5.74) is 11.4. The van der Waals surface area contributed by atoms with E-state index in [4.69, 9.17) is 5.53 Å². The molecule has 68 valence electrons. The van der Waals surface area contributed by atoms with Crippen LogP contribution in [-0.2, 0) is 13.0 Å². The van der Waals surface area contributed by atoms with E-state index in [2.05, 4.69) is 17.2 Å². The Bertz CT molecular complexity index is 322. The molecule has 0 amide bonds. The van der Waals surface area contributed by atoms with Gasteiger partial charge in [-0.05, 0) is 18.2 Å². The largest absolute Gasteiger partial charge is 0.711 e. The van der Waals surface area contributed by atoms with E-state index in [0.717, 1.165) is 13.0 Å². The molecule has 0 radical (unpaired) electrons. The number of fused-ring (bicyclic) bond motifs is 1. The van der Waals surface area contributed by atoms with Gasteiger partial charge in [-0.15, -0.1) is 0 Å². The normalized spacial score (nSPS) is 22.4. The Kier molecular flexibility index (Phi) is 2.10. The number of benzene rings is 1. The molecule has 0 N–H and O–H groups in total. The van der Waals surface area contributed by atoms with Crippen LogP contribution < -0.4 is 0 Å². The standard InChI is InChI=1S/C10H12N3/c1-13-7-9-5-3-2-4-8(9)6-10(13)12-11/h2-5,10H,6-7H2,1H3/q-1. The number of hydrogen-bond acceptors (Lipinski definition) is 2. The molecule has 0 spiro atoms. The Labute approximate surface area is 77.9 Å². The van der Waals surface area contributed by atoms with Crippen molar-refractivity contribution in [2.75, 3.05) is 7.05 Å². The fourth-order valence-corrected chi connectivity index (χ4v) is 1.77. The molecule has 0 saturated heterocycles. The van der Waals surface area contributed by atoms with Gasteiger partial charge < -0.3 is 10.6 Å². The molecular formula is C10H12N3-. The molecule has 0 fully saturated rings. The van der Waals surface area contributed by atoms with Crippen molar-refractivity contribution in [3.8, 4) is 0 Å². The maximum absolute atomic E-state index is 8.77. The first-order valence-electron chi connectivity index (χ1n) is 4.42. The van der Waals surface area contributed by atoms with Gasteiger partial charge in [0.1, 0.15) is 0 Å². The lowest BCUT2D eigenvalue weighted by atomic mass is 9.98. The van der Waals surface area contributed by atoms with Gasteiger partial charge >= 0.3 is 0 Å². The summed E-state index contributed by atoms with van der Waals surface area (Å²) in [4.78, 5) is 2.04. The first kappa shape index (κ1) is 8.38. The second-order valence-electron chi connectivity index (χ2n) is 3.48. The molecule has 1 atom stereocenters. The number of rotatable bonds is 1. The lowest BCUT2D eigenvalue weighted by Gasteiger charge is -2.32. The fourth-order valence-electron chi connectivity index (χ4n) is 1.77. The Morgan fingerprint density at radius 2 is 2.08 bits per heavy atom. The van der Waals surface area contributed by atoms with Crippen molar-refractivity contribution in [3.05, 3.63) is 40.9 Å². The van der Waals surface area contributed by atoms with E-state index in [9.17, 15) is 0 Å². The summed E-state index contributed by atoms with van der Waals surface area (Å²) in [5.74, 6) is 0. The predicted octanol–water partition coefficient (Wildman–Crippen LogP) is 2.02. The molecule has 0 saturated carbocycles. The van der Waals surface area contributed by atoms with Crippen LogP contribution in [0.1, 0.15) is 11.1 Å². The molecule has 0 aliphatic carbocycles. The van der Waals surface area contributed by atoms with Crippen LogP contribution in [0.15, 0.2) is 29.4 Å². The molecule has 1 aliphatic rings. The van der Waals surface area contributed by atoms with Crippen molar-refractivity contribution in [2.45, 2.75) is 19.1 Å². The zero-order valence-corrected chi connectivity index (χ0v) is 7.64. The van der Waals surface area contributed by atoms with Crippen LogP contribution >= 0.6 is 0 Å². The van der Waals surface area contributed by atoms with E-state index in [-0.39, 0.29) is 6.17 Å². The van der Waals surface area contributed by atoms with Gasteiger partial charge in [-0.3, -0.25) is 4.90 Å². The van der Waals surface area contributed by atoms with E-state index in [0.29, 0.717) is 0 Å². The summed E-state index contributed by atoms with van der Waals surface area (Å²) in [5, 5.41) is 3.35. The molecule has 3 heteroatoms. The maximum atomic E-state index is 8.77. The summed E-state index contributed by atoms with van der Waals surface area (Å²) in [6, 6.07) is 8.29. The van der Waals surface area contributed by atoms with Gasteiger partial charge in [-0.25, -0.2) is 0 Å². The molecule has 2 rings (SSSR count). The molecular weight excluding hydrogens is 162 g/mol. The molecule has 1 aliphatic heterocycles. The zero-order chi connectivity index (χ0) is 9.26. The maximum Gasteiger partial charge on any atom is 0.0839 e. The van der Waals surface area contributed by atoms with Gasteiger partial charge in [0.15, 0.2) is 0 Å². The molecule has 1 aromatic carbocycles. The van der Waals surface area contributed by atoms with Crippen LogP contribution in [0.4, 0.5) is 0 Å². The van der Waals surface area contributed by atoms with Gasteiger partial charge in [-0.1, -0.05) is 24.3 Å². The number of hydrogen-bond donors (Lipinski definition) is 0. The predicted molar refractivity (Wildman–Crippen MR) is 51.2 cm³/mol. The minimum Gasteiger partial charge on any atom is -0.711 e. The Morgan fingerprint density at radius 1 is 1.38 bits per heavy atom. The Balaban J connectivity index is 2.32. The van der Waals surface area contributed by atoms with Gasteiger partial charge in [0.05, 0.1) is 6.17 Å². The monoisotopic (exact) mass is 174 g/mol. The third kappa shape index (κ3) is 1.47. The average Bonchev–Trinajstić information content (AvgIpc) is 2.17. The van der Waals surface area contributed by atoms with Crippen LogP contribution in [0, 0.1) is 0 Å². The highest BCUT2D eigenvalue weighted by Gasteiger charge is 2.19. The van der Waals surface area contributed by atoms with E-state index >= 15 is 0 Å². The van der Waals surface area contributed by atoms with E-state index in [1.807, 2.05) is 24.1 Å². The molecule has 1 aromatic rings. The van der Waals surface area contributed by atoms with Crippen LogP contribution in [0.5, 0.6) is 0 Å². The molecule has 1 unspecified atom stereocenters. The lowest BCUT2D eigenvalue weighted by molar-refractivity contribution is 0.221. The van der Waals surface area contributed by atoms with Crippen molar-refractivity contribution in [1.29, 1.82) is 0 Å². The highest BCUT2D eigenvalue weighted by molar-refractivity contribution is 5.29. The van der Waals surface area contributed by atoms with E-state index < -0.39 is 0 Å². The smallest absolute Gasteiger partial charge is 0.0839 e. The third-order valence-electron chi connectivity index (χ3n) is 2.58. The molecule has 13 heavy (non-hydrogen) atoms. The second-order valence-corrected chi connectivity index (χ2v) is 3.48. The highest BCUT2D eigenvalue weighted by atomic mass is 15.3. The van der Waals surface area contributed by atoms with Gasteiger partial charge in [0.25, 0.3) is 0 Å². The molecule has 1 heterocycles. The third-order valence-corrected chi connectivity index (χ3v) is 2.58. The fraction of sp³-hybridized carbons (Fsp3) is 0.400. The van der Waals surface area contributed by atoms with Crippen LogP contribution in [0.25, 0.3) is 5.53 Å². The topological polar surface area (TPSA) is 37.9 Å². The van der Waals surface area contributed by atoms with Crippen molar-refractivity contribution in [1.82, 2.24) is 4.90 Å². The summed E-state index contributed by atoms with van der Waals surface area (Å²) in [6.07, 6.45) is 0.735. The van der Waals surface area contributed by atoms with Crippen molar-refractivity contribution in [2.24, 2.45) is 5.11 Å². The molecule has 0 bridgehead atoms. The average molecular weight is 174 g/mol. The van der Waals surface area contributed by atoms with Gasteiger partial charge in [0, 0.05) is 13.0 Å². The second kappa shape index (κ2) is 3.26. The van der Waals surface area contributed by atoms with Crippen LogP contribution in [-0.4, -0.2) is 18.1 Å². The van der Waals surface area contributed by atoms with Gasteiger partial charge in [0.2, 0.25) is 0 Å². The van der Waals surface area contributed by atoms with Crippen molar-refractivity contribution < 1.29 is 0 Å². The van der Waals surface area contributed by atoms with E-state index in [1.54, 1.807) is 0 Å². The first-order chi connectivity index (χ1) is 6.31. The molecule has 0 aromatic heterocycles. The summed E-state index contributed by atoms with van der Waals surface area (Å²) in [6.45, 7) is 0.866. The van der Waals surface area contributed by atoms with Crippen LogP contribution in [0.3, 0.4) is 0 Å². The summed E-state index contributed by atoms with van der Waals surface area (Å²) < 4.78 is 0. The number of likely N-dealkylation sites (N-methyl/N-ethyl adjacent to an activating group) is 1.